The Kier molecular flexibility index (Phi) is 8.18. The summed E-state index contributed by atoms with van der Waals surface area (Å²) < 4.78 is 5.28. The SMILES string of the molecule is CCNC(=NCc1cc(C(C)C)no1)NCCCSC. The number of hydrogen-bond donors (Lipinski definition) is 2. The molecule has 0 radical (unpaired) electrons. The fourth-order valence-corrected chi connectivity index (χ4v) is 2.03. The number of nitrogens with one attached hydrogen (secondary N) is 2. The first-order valence-electron chi connectivity index (χ1n) is 7.14. The molecule has 0 unspecified atom stereocenters. The number of aliphatic imine (C=N–C) groups is 1. The van der Waals surface area contributed by atoms with Crippen LogP contribution in [0, 0.1) is 0 Å². The summed E-state index contributed by atoms with van der Waals surface area (Å²) in [5.74, 6) is 3.17. The lowest BCUT2D eigenvalue weighted by Crippen LogP contribution is -2.37. The molecule has 0 fully saturated rings. The van der Waals surface area contributed by atoms with Gasteiger partial charge in [0.25, 0.3) is 0 Å². The zero-order valence-electron chi connectivity index (χ0n) is 12.9. The number of rotatable bonds is 8. The molecule has 114 valence electrons. The van der Waals surface area contributed by atoms with Gasteiger partial charge in [0, 0.05) is 19.2 Å². The molecule has 0 aromatic carbocycles. The molecule has 0 bridgehead atoms. The highest BCUT2D eigenvalue weighted by molar-refractivity contribution is 7.98. The lowest BCUT2D eigenvalue weighted by Gasteiger charge is -2.10. The van der Waals surface area contributed by atoms with Crippen LogP contribution in [0.1, 0.15) is 44.6 Å². The van der Waals surface area contributed by atoms with Crippen LogP contribution in [0.2, 0.25) is 0 Å². The van der Waals surface area contributed by atoms with Gasteiger partial charge in [-0.05, 0) is 31.3 Å². The molecule has 1 rings (SSSR count). The molecule has 20 heavy (non-hydrogen) atoms. The molecule has 0 amide bonds. The van der Waals surface area contributed by atoms with Crippen LogP contribution in [-0.4, -0.2) is 36.2 Å². The molecule has 1 heterocycles. The molecule has 2 N–H and O–H groups in total. The summed E-state index contributed by atoms with van der Waals surface area (Å²) in [5.41, 5.74) is 0.980. The predicted octanol–water partition coefficient (Wildman–Crippen LogP) is 2.61. The van der Waals surface area contributed by atoms with E-state index in [-0.39, 0.29) is 0 Å². The van der Waals surface area contributed by atoms with E-state index >= 15 is 0 Å². The third-order valence-electron chi connectivity index (χ3n) is 2.72. The van der Waals surface area contributed by atoms with Crippen molar-refractivity contribution in [2.45, 2.75) is 39.7 Å². The smallest absolute Gasteiger partial charge is 0.191 e. The largest absolute Gasteiger partial charge is 0.359 e. The third kappa shape index (κ3) is 6.32. The minimum Gasteiger partial charge on any atom is -0.359 e. The Morgan fingerprint density at radius 1 is 1.45 bits per heavy atom. The number of guanidine groups is 1. The van der Waals surface area contributed by atoms with Gasteiger partial charge in [0.05, 0.1) is 5.69 Å². The summed E-state index contributed by atoms with van der Waals surface area (Å²) >= 11 is 1.86. The van der Waals surface area contributed by atoms with Crippen LogP contribution < -0.4 is 10.6 Å². The van der Waals surface area contributed by atoms with Crippen LogP contribution >= 0.6 is 11.8 Å². The highest BCUT2D eigenvalue weighted by Crippen LogP contribution is 2.14. The molecule has 0 saturated heterocycles. The first kappa shape index (κ1) is 16.9. The van der Waals surface area contributed by atoms with E-state index in [0.717, 1.165) is 42.7 Å². The Bertz CT molecular complexity index is 404. The predicted molar refractivity (Wildman–Crippen MR) is 86.4 cm³/mol. The number of aromatic nitrogens is 1. The molecule has 6 heteroatoms. The van der Waals surface area contributed by atoms with Gasteiger partial charge >= 0.3 is 0 Å². The van der Waals surface area contributed by atoms with Crippen molar-refractivity contribution in [3.8, 4) is 0 Å². The average molecular weight is 298 g/mol. The Balaban J connectivity index is 2.47. The molecule has 0 aliphatic carbocycles. The molecule has 1 aromatic rings. The number of nitrogens with zero attached hydrogens (tertiary/aromatic N) is 2. The van der Waals surface area contributed by atoms with Gasteiger partial charge in [-0.1, -0.05) is 19.0 Å². The lowest BCUT2D eigenvalue weighted by molar-refractivity contribution is 0.376. The molecule has 5 nitrogen and oxygen atoms in total. The maximum absolute atomic E-state index is 5.28. The zero-order chi connectivity index (χ0) is 14.8. The molecule has 0 atom stereocenters. The van der Waals surface area contributed by atoms with Gasteiger partial charge in [0.15, 0.2) is 11.7 Å². The van der Waals surface area contributed by atoms with Gasteiger partial charge in [-0.15, -0.1) is 0 Å². The van der Waals surface area contributed by atoms with E-state index in [4.69, 9.17) is 4.52 Å². The highest BCUT2D eigenvalue weighted by Gasteiger charge is 2.07. The van der Waals surface area contributed by atoms with Crippen molar-refractivity contribution < 1.29 is 4.52 Å². The van der Waals surface area contributed by atoms with E-state index in [1.807, 2.05) is 17.8 Å². The second-order valence-corrected chi connectivity index (χ2v) is 5.83. The first-order valence-corrected chi connectivity index (χ1v) is 8.53. The van der Waals surface area contributed by atoms with Crippen LogP contribution in [0.5, 0.6) is 0 Å². The fourth-order valence-electron chi connectivity index (χ4n) is 1.60. The molecular formula is C14H26N4OS. The van der Waals surface area contributed by atoms with Crippen molar-refractivity contribution in [3.63, 3.8) is 0 Å². The standard InChI is InChI=1S/C14H26N4OS/c1-5-15-14(16-7-6-8-20-4)17-10-12-9-13(11(2)3)18-19-12/h9,11H,5-8,10H2,1-4H3,(H2,15,16,17). The monoisotopic (exact) mass is 298 g/mol. The van der Waals surface area contributed by atoms with Crippen molar-refractivity contribution in [3.05, 3.63) is 17.5 Å². The Labute approximate surface area is 126 Å². The molecule has 0 aliphatic rings. The molecule has 0 aliphatic heterocycles. The maximum atomic E-state index is 5.28. The van der Waals surface area contributed by atoms with E-state index < -0.39 is 0 Å². The zero-order valence-corrected chi connectivity index (χ0v) is 13.7. The maximum Gasteiger partial charge on any atom is 0.191 e. The van der Waals surface area contributed by atoms with E-state index in [2.05, 4.69) is 47.8 Å². The molecule has 0 spiro atoms. The van der Waals surface area contributed by atoms with Crippen LogP contribution in [0.3, 0.4) is 0 Å². The highest BCUT2D eigenvalue weighted by atomic mass is 32.2. The van der Waals surface area contributed by atoms with Gasteiger partial charge in [0.2, 0.25) is 0 Å². The molecular weight excluding hydrogens is 272 g/mol. The normalized spacial score (nSPS) is 11.9. The summed E-state index contributed by atoms with van der Waals surface area (Å²) in [6, 6.07) is 1.98. The van der Waals surface area contributed by atoms with Crippen molar-refractivity contribution in [1.82, 2.24) is 15.8 Å². The summed E-state index contributed by atoms with van der Waals surface area (Å²) in [6.45, 7) is 8.55. The Morgan fingerprint density at radius 2 is 2.25 bits per heavy atom. The minimum atomic E-state index is 0.384. The number of hydrogen-bond acceptors (Lipinski definition) is 4. The van der Waals surface area contributed by atoms with E-state index in [1.165, 1.54) is 0 Å². The summed E-state index contributed by atoms with van der Waals surface area (Å²) in [7, 11) is 0. The van der Waals surface area contributed by atoms with Gasteiger partial charge in [-0.25, -0.2) is 4.99 Å². The van der Waals surface area contributed by atoms with Crippen LogP contribution in [0.15, 0.2) is 15.6 Å². The van der Waals surface area contributed by atoms with Crippen molar-refractivity contribution in [2.75, 3.05) is 25.1 Å². The number of thioether (sulfide) groups is 1. The average Bonchev–Trinajstić information content (AvgIpc) is 2.90. The Morgan fingerprint density at radius 3 is 2.85 bits per heavy atom. The summed E-state index contributed by atoms with van der Waals surface area (Å²) in [4.78, 5) is 4.51. The first-order chi connectivity index (χ1) is 9.67. The van der Waals surface area contributed by atoms with Gasteiger partial charge in [0.1, 0.15) is 6.54 Å². The van der Waals surface area contributed by atoms with E-state index in [9.17, 15) is 0 Å². The van der Waals surface area contributed by atoms with Gasteiger partial charge in [-0.3, -0.25) is 0 Å². The van der Waals surface area contributed by atoms with Crippen molar-refractivity contribution >= 4 is 17.7 Å². The third-order valence-corrected chi connectivity index (χ3v) is 3.42. The minimum absolute atomic E-state index is 0.384. The summed E-state index contributed by atoms with van der Waals surface area (Å²) in [5, 5.41) is 10.6. The van der Waals surface area contributed by atoms with Crippen LogP contribution in [0.25, 0.3) is 0 Å². The second-order valence-electron chi connectivity index (χ2n) is 4.84. The molecule has 1 aromatic heterocycles. The quantitative estimate of drug-likeness (QED) is 0.439. The van der Waals surface area contributed by atoms with Gasteiger partial charge in [-0.2, -0.15) is 11.8 Å². The van der Waals surface area contributed by atoms with Crippen LogP contribution in [-0.2, 0) is 6.54 Å². The molecule has 0 saturated carbocycles. The van der Waals surface area contributed by atoms with Crippen LogP contribution in [0.4, 0.5) is 0 Å². The van der Waals surface area contributed by atoms with Crippen molar-refractivity contribution in [1.29, 1.82) is 0 Å². The fraction of sp³-hybridized carbons (Fsp3) is 0.714. The lowest BCUT2D eigenvalue weighted by atomic mass is 10.1. The van der Waals surface area contributed by atoms with E-state index in [0.29, 0.717) is 12.5 Å². The second kappa shape index (κ2) is 9.69. The van der Waals surface area contributed by atoms with Gasteiger partial charge < -0.3 is 15.2 Å². The summed E-state index contributed by atoms with van der Waals surface area (Å²) in [6.07, 6.45) is 3.25. The topological polar surface area (TPSA) is 62.5 Å². The van der Waals surface area contributed by atoms with Crippen molar-refractivity contribution in [2.24, 2.45) is 4.99 Å². The van der Waals surface area contributed by atoms with E-state index in [1.54, 1.807) is 0 Å². The Hall–Kier alpha value is -1.17.